The van der Waals surface area contributed by atoms with Gasteiger partial charge in [0.05, 0.1) is 12.0 Å². The summed E-state index contributed by atoms with van der Waals surface area (Å²) in [5.41, 5.74) is 6.66. The molecule has 3 aromatic carbocycles. The average molecular weight is 554 g/mol. The van der Waals surface area contributed by atoms with Crippen LogP contribution >= 0.6 is 0 Å². The van der Waals surface area contributed by atoms with Crippen LogP contribution in [0.4, 0.5) is 11.4 Å². The van der Waals surface area contributed by atoms with E-state index in [9.17, 15) is 8.42 Å². The molecule has 0 radical (unpaired) electrons. The minimum atomic E-state index is -3.72. The second kappa shape index (κ2) is 10.7. The van der Waals surface area contributed by atoms with E-state index in [1.807, 2.05) is 24.5 Å². The Hall–Kier alpha value is -4.34. The highest BCUT2D eigenvalue weighted by atomic mass is 32.2. The highest BCUT2D eigenvalue weighted by Crippen LogP contribution is 2.32. The molecule has 5 aromatic rings. The van der Waals surface area contributed by atoms with Crippen molar-refractivity contribution in [3.05, 3.63) is 91.3 Å². The maximum atomic E-state index is 12.8. The van der Waals surface area contributed by atoms with Crippen molar-refractivity contribution in [3.63, 3.8) is 0 Å². The summed E-state index contributed by atoms with van der Waals surface area (Å²) in [5.74, 6) is 0.599. The molecule has 0 amide bonds. The fraction of sp³-hybridized carbons (Fsp3) is 0.194. The first-order valence-electron chi connectivity index (χ1n) is 13.2. The molecule has 6 rings (SSSR count). The van der Waals surface area contributed by atoms with E-state index in [1.54, 1.807) is 31.4 Å². The number of nitrogens with zero attached hydrogens (tertiary/aromatic N) is 3. The van der Waals surface area contributed by atoms with Crippen molar-refractivity contribution < 1.29 is 13.2 Å². The SMILES string of the molecule is COc1ccc(S(=O)(=O)Nc2ccc(-c3c[nH]c4ncc(-c5ccc(N6CCN(C)CC6)cc5)cc34)cc2)cc1. The van der Waals surface area contributed by atoms with Gasteiger partial charge in [-0.3, -0.25) is 4.72 Å². The Morgan fingerprint density at radius 1 is 0.850 bits per heavy atom. The first-order valence-corrected chi connectivity index (χ1v) is 14.7. The zero-order valence-corrected chi connectivity index (χ0v) is 23.3. The summed E-state index contributed by atoms with van der Waals surface area (Å²) in [4.78, 5) is 12.9. The van der Waals surface area contributed by atoms with E-state index >= 15 is 0 Å². The van der Waals surface area contributed by atoms with Gasteiger partial charge in [0.15, 0.2) is 0 Å². The van der Waals surface area contributed by atoms with Crippen molar-refractivity contribution in [1.29, 1.82) is 0 Å². The van der Waals surface area contributed by atoms with Gasteiger partial charge < -0.3 is 19.5 Å². The largest absolute Gasteiger partial charge is 0.497 e. The van der Waals surface area contributed by atoms with Gasteiger partial charge in [-0.2, -0.15) is 0 Å². The molecule has 1 fully saturated rings. The Kier molecular flexibility index (Phi) is 6.91. The van der Waals surface area contributed by atoms with Gasteiger partial charge in [-0.1, -0.05) is 24.3 Å². The number of anilines is 2. The third kappa shape index (κ3) is 5.25. The van der Waals surface area contributed by atoms with Crippen LogP contribution in [-0.2, 0) is 10.0 Å². The molecule has 0 saturated carbocycles. The van der Waals surface area contributed by atoms with E-state index in [4.69, 9.17) is 4.74 Å². The zero-order chi connectivity index (χ0) is 27.7. The van der Waals surface area contributed by atoms with Crippen molar-refractivity contribution in [2.75, 3.05) is 50.0 Å². The molecule has 0 spiro atoms. The third-order valence-corrected chi connectivity index (χ3v) is 8.82. The van der Waals surface area contributed by atoms with E-state index in [2.05, 4.69) is 61.9 Å². The molecule has 204 valence electrons. The predicted molar refractivity (Wildman–Crippen MR) is 160 cm³/mol. The molecule has 0 bridgehead atoms. The first-order chi connectivity index (χ1) is 19.4. The van der Waals surface area contributed by atoms with Crippen molar-refractivity contribution in [2.45, 2.75) is 4.90 Å². The highest BCUT2D eigenvalue weighted by Gasteiger charge is 2.16. The molecule has 1 saturated heterocycles. The van der Waals surface area contributed by atoms with Crippen LogP contribution in [0.1, 0.15) is 0 Å². The number of ether oxygens (including phenoxy) is 1. The van der Waals surface area contributed by atoms with Crippen LogP contribution in [0, 0.1) is 0 Å². The minimum absolute atomic E-state index is 0.171. The van der Waals surface area contributed by atoms with Crippen LogP contribution in [0.15, 0.2) is 96.2 Å². The molecule has 3 heterocycles. The number of piperazine rings is 1. The molecule has 0 unspecified atom stereocenters. The average Bonchev–Trinajstić information content (AvgIpc) is 3.41. The lowest BCUT2D eigenvalue weighted by Crippen LogP contribution is -2.44. The first kappa shape index (κ1) is 25.9. The molecular formula is C31H31N5O3S. The van der Waals surface area contributed by atoms with E-state index in [0.717, 1.165) is 59.5 Å². The summed E-state index contributed by atoms with van der Waals surface area (Å²) in [6.07, 6.45) is 3.83. The quantitative estimate of drug-likeness (QED) is 0.278. The number of pyridine rings is 1. The fourth-order valence-corrected chi connectivity index (χ4v) is 6.07. The van der Waals surface area contributed by atoms with Gasteiger partial charge in [-0.05, 0) is 72.8 Å². The lowest BCUT2D eigenvalue weighted by Gasteiger charge is -2.34. The summed E-state index contributed by atoms with van der Waals surface area (Å²) in [6, 6.07) is 24.5. The summed E-state index contributed by atoms with van der Waals surface area (Å²) in [5, 5.41) is 1.01. The van der Waals surface area contributed by atoms with Crippen LogP contribution in [0.25, 0.3) is 33.3 Å². The van der Waals surface area contributed by atoms with Crippen LogP contribution < -0.4 is 14.4 Å². The molecule has 1 aliphatic heterocycles. The second-order valence-corrected chi connectivity index (χ2v) is 11.7. The van der Waals surface area contributed by atoms with Gasteiger partial charge in [-0.15, -0.1) is 0 Å². The van der Waals surface area contributed by atoms with Gasteiger partial charge in [0, 0.05) is 66.5 Å². The minimum Gasteiger partial charge on any atom is -0.497 e. The monoisotopic (exact) mass is 553 g/mol. The number of rotatable bonds is 7. The van der Waals surface area contributed by atoms with Gasteiger partial charge in [0.2, 0.25) is 0 Å². The van der Waals surface area contributed by atoms with Crippen LogP contribution in [0.2, 0.25) is 0 Å². The summed E-state index contributed by atoms with van der Waals surface area (Å²) in [6.45, 7) is 4.23. The van der Waals surface area contributed by atoms with E-state index in [-0.39, 0.29) is 4.90 Å². The maximum Gasteiger partial charge on any atom is 0.261 e. The molecular weight excluding hydrogens is 522 g/mol. The number of nitrogens with one attached hydrogen (secondary N) is 2. The van der Waals surface area contributed by atoms with Gasteiger partial charge in [0.25, 0.3) is 10.0 Å². The van der Waals surface area contributed by atoms with Crippen molar-refractivity contribution in [3.8, 4) is 28.0 Å². The number of hydrogen-bond acceptors (Lipinski definition) is 6. The molecule has 1 aliphatic rings. The normalized spacial score (nSPS) is 14.4. The number of H-pyrrole nitrogens is 1. The predicted octanol–water partition coefficient (Wildman–Crippen LogP) is 5.46. The Balaban J connectivity index is 1.21. The van der Waals surface area contributed by atoms with E-state index < -0.39 is 10.0 Å². The molecule has 0 aliphatic carbocycles. The summed E-state index contributed by atoms with van der Waals surface area (Å²) < 4.78 is 33.4. The van der Waals surface area contributed by atoms with Gasteiger partial charge in [0.1, 0.15) is 11.4 Å². The zero-order valence-electron chi connectivity index (χ0n) is 22.5. The highest BCUT2D eigenvalue weighted by molar-refractivity contribution is 7.92. The van der Waals surface area contributed by atoms with Crippen molar-refractivity contribution >= 4 is 32.4 Å². The molecule has 40 heavy (non-hydrogen) atoms. The Morgan fingerprint density at radius 2 is 1.52 bits per heavy atom. The van der Waals surface area contributed by atoms with Crippen molar-refractivity contribution in [1.82, 2.24) is 14.9 Å². The standard InChI is InChI=1S/C31H31N5O3S/c1-35-15-17-36(18-16-35)26-9-5-22(6-10-26)24-19-29-30(21-33-31(29)32-20-24)23-3-7-25(8-4-23)34-40(37,38)28-13-11-27(39-2)12-14-28/h3-14,19-21,34H,15-18H2,1-2H3,(H,32,33). The van der Waals surface area contributed by atoms with Crippen LogP contribution in [0.5, 0.6) is 5.75 Å². The summed E-state index contributed by atoms with van der Waals surface area (Å²) in [7, 11) is -0.00838. The second-order valence-electron chi connectivity index (χ2n) is 10.0. The van der Waals surface area contributed by atoms with E-state index in [1.165, 1.54) is 17.8 Å². The third-order valence-electron chi connectivity index (χ3n) is 7.42. The topological polar surface area (TPSA) is 90.6 Å². The number of aromatic amines is 1. The van der Waals surface area contributed by atoms with Crippen LogP contribution in [-0.4, -0.2) is 63.6 Å². The number of sulfonamides is 1. The van der Waals surface area contributed by atoms with Crippen molar-refractivity contribution in [2.24, 2.45) is 0 Å². The Bertz CT molecular complexity index is 1720. The van der Waals surface area contributed by atoms with Gasteiger partial charge >= 0.3 is 0 Å². The fourth-order valence-electron chi connectivity index (χ4n) is 5.02. The number of fused-ring (bicyclic) bond motifs is 1. The maximum absolute atomic E-state index is 12.8. The Morgan fingerprint density at radius 3 is 2.20 bits per heavy atom. The molecule has 2 N–H and O–H groups in total. The Labute approximate surface area is 234 Å². The number of aromatic nitrogens is 2. The van der Waals surface area contributed by atoms with Crippen LogP contribution in [0.3, 0.4) is 0 Å². The van der Waals surface area contributed by atoms with Gasteiger partial charge in [-0.25, -0.2) is 13.4 Å². The van der Waals surface area contributed by atoms with E-state index in [0.29, 0.717) is 11.4 Å². The number of benzene rings is 3. The molecule has 2 aromatic heterocycles. The number of methoxy groups -OCH3 is 1. The molecule has 0 atom stereocenters. The summed E-state index contributed by atoms with van der Waals surface area (Å²) >= 11 is 0. The number of hydrogen-bond donors (Lipinski definition) is 2. The molecule has 9 heteroatoms. The smallest absolute Gasteiger partial charge is 0.261 e. The lowest BCUT2D eigenvalue weighted by atomic mass is 10.0. The molecule has 8 nitrogen and oxygen atoms in total. The number of likely N-dealkylation sites (N-methyl/N-ethyl adjacent to an activating group) is 1. The lowest BCUT2D eigenvalue weighted by molar-refractivity contribution is 0.313.